The molecule has 0 atom stereocenters. The number of aromatic nitrogens is 2. The lowest BCUT2D eigenvalue weighted by Gasteiger charge is -2.16. The Morgan fingerprint density at radius 1 is 0.941 bits per heavy atom. The predicted molar refractivity (Wildman–Crippen MR) is 129 cm³/mol. The fourth-order valence-electron chi connectivity index (χ4n) is 3.73. The number of benzene rings is 2. The van der Waals surface area contributed by atoms with Gasteiger partial charge in [0, 0.05) is 19.7 Å². The second-order valence-electron chi connectivity index (χ2n) is 7.78. The molecule has 3 aromatic rings. The molecule has 1 N–H and O–H groups in total. The van der Waals surface area contributed by atoms with Crippen molar-refractivity contribution in [3.8, 4) is 17.2 Å². The number of sulfone groups is 1. The SMILES string of the molecule is CCCCS(=O)(=O)c1cc2c(cc1NC(=O)c1cc(OC)c(OC)c(OC)c1)n(C)c(=O)n2C. The summed E-state index contributed by atoms with van der Waals surface area (Å²) in [6, 6.07) is 5.88. The quantitative estimate of drug-likeness (QED) is 0.489. The van der Waals surface area contributed by atoms with Crippen molar-refractivity contribution in [1.29, 1.82) is 0 Å². The molecule has 2 aromatic carbocycles. The van der Waals surface area contributed by atoms with E-state index < -0.39 is 15.7 Å². The minimum absolute atomic E-state index is 0.0459. The maximum absolute atomic E-state index is 13.2. The number of imidazole rings is 1. The zero-order chi connectivity index (χ0) is 25.2. The first kappa shape index (κ1) is 25.2. The predicted octanol–water partition coefficient (Wildman–Crippen LogP) is 2.73. The number of nitrogens with one attached hydrogen (secondary N) is 1. The van der Waals surface area contributed by atoms with Gasteiger partial charge in [-0.15, -0.1) is 0 Å². The normalized spacial score (nSPS) is 11.5. The Morgan fingerprint density at radius 2 is 1.50 bits per heavy atom. The van der Waals surface area contributed by atoms with Crippen molar-refractivity contribution >= 4 is 32.5 Å². The van der Waals surface area contributed by atoms with Crippen LogP contribution in [0.4, 0.5) is 5.69 Å². The first-order chi connectivity index (χ1) is 16.1. The van der Waals surface area contributed by atoms with Gasteiger partial charge in [-0.1, -0.05) is 13.3 Å². The number of carbonyl (C=O) groups excluding carboxylic acids is 1. The number of amides is 1. The third kappa shape index (κ3) is 4.47. The Bertz CT molecular complexity index is 1380. The summed E-state index contributed by atoms with van der Waals surface area (Å²) in [5, 5.41) is 2.70. The Morgan fingerprint density at radius 3 is 2.00 bits per heavy atom. The standard InChI is InChI=1S/C23H29N3O7S/c1-7-8-9-34(29,30)20-13-17-16(25(2)23(28)26(17)3)12-15(20)24-22(27)14-10-18(31-4)21(33-6)19(11-14)32-5/h10-13H,7-9H2,1-6H3,(H,24,27). The van der Waals surface area contributed by atoms with Gasteiger partial charge in [0.2, 0.25) is 5.75 Å². The summed E-state index contributed by atoms with van der Waals surface area (Å²) in [7, 11) is 3.73. The van der Waals surface area contributed by atoms with E-state index in [1.54, 1.807) is 14.1 Å². The highest BCUT2D eigenvalue weighted by atomic mass is 32.2. The van der Waals surface area contributed by atoms with Crippen molar-refractivity contribution in [1.82, 2.24) is 9.13 Å². The van der Waals surface area contributed by atoms with E-state index in [1.807, 2.05) is 6.92 Å². The van der Waals surface area contributed by atoms with Gasteiger partial charge >= 0.3 is 5.69 Å². The van der Waals surface area contributed by atoms with Gasteiger partial charge in [-0.2, -0.15) is 0 Å². The Hall–Kier alpha value is -3.47. The molecule has 1 aromatic heterocycles. The van der Waals surface area contributed by atoms with E-state index in [0.717, 1.165) is 0 Å². The molecule has 0 spiro atoms. The average Bonchev–Trinajstić information content (AvgIpc) is 3.04. The van der Waals surface area contributed by atoms with E-state index in [-0.39, 0.29) is 39.1 Å². The summed E-state index contributed by atoms with van der Waals surface area (Å²) < 4.78 is 45.0. The maximum Gasteiger partial charge on any atom is 0.328 e. The molecular formula is C23H29N3O7S. The average molecular weight is 492 g/mol. The van der Waals surface area contributed by atoms with Gasteiger partial charge in [-0.25, -0.2) is 13.2 Å². The third-order valence-corrected chi connectivity index (χ3v) is 7.48. The number of carbonyl (C=O) groups is 1. The smallest absolute Gasteiger partial charge is 0.328 e. The molecule has 1 heterocycles. The van der Waals surface area contributed by atoms with Gasteiger partial charge in [-0.05, 0) is 30.7 Å². The van der Waals surface area contributed by atoms with E-state index in [4.69, 9.17) is 14.2 Å². The molecule has 0 aliphatic heterocycles. The van der Waals surface area contributed by atoms with Crippen LogP contribution in [0.5, 0.6) is 17.2 Å². The number of nitrogens with zero attached hydrogens (tertiary/aromatic N) is 2. The zero-order valence-corrected chi connectivity index (χ0v) is 20.9. The summed E-state index contributed by atoms with van der Waals surface area (Å²) in [5.41, 5.74) is 0.896. The highest BCUT2D eigenvalue weighted by Crippen LogP contribution is 2.38. The summed E-state index contributed by atoms with van der Waals surface area (Å²) in [5.74, 6) is 0.229. The molecule has 0 unspecified atom stereocenters. The van der Waals surface area contributed by atoms with Crippen LogP contribution in [0.3, 0.4) is 0 Å². The van der Waals surface area contributed by atoms with E-state index in [2.05, 4.69) is 5.32 Å². The van der Waals surface area contributed by atoms with Crippen LogP contribution in [-0.2, 0) is 23.9 Å². The highest BCUT2D eigenvalue weighted by molar-refractivity contribution is 7.91. The second kappa shape index (κ2) is 9.80. The molecule has 3 rings (SSSR count). The molecule has 0 fully saturated rings. The fraction of sp³-hybridized carbons (Fsp3) is 0.391. The minimum Gasteiger partial charge on any atom is -0.493 e. The zero-order valence-electron chi connectivity index (χ0n) is 20.1. The summed E-state index contributed by atoms with van der Waals surface area (Å²) in [6.45, 7) is 1.90. The molecule has 11 heteroatoms. The van der Waals surface area contributed by atoms with E-state index in [9.17, 15) is 18.0 Å². The number of aryl methyl sites for hydroxylation is 2. The van der Waals surface area contributed by atoms with Gasteiger partial charge in [0.1, 0.15) is 0 Å². The molecule has 1 amide bonds. The van der Waals surface area contributed by atoms with E-state index in [1.165, 1.54) is 54.7 Å². The topological polar surface area (TPSA) is 118 Å². The largest absolute Gasteiger partial charge is 0.493 e. The van der Waals surface area contributed by atoms with Crippen molar-refractivity contribution < 1.29 is 27.4 Å². The lowest BCUT2D eigenvalue weighted by atomic mass is 10.1. The monoisotopic (exact) mass is 491 g/mol. The molecule has 0 aliphatic rings. The molecule has 10 nitrogen and oxygen atoms in total. The van der Waals surface area contributed by atoms with E-state index >= 15 is 0 Å². The van der Waals surface area contributed by atoms with Crippen LogP contribution in [0.1, 0.15) is 30.1 Å². The van der Waals surface area contributed by atoms with Crippen molar-refractivity contribution in [2.75, 3.05) is 32.4 Å². The molecule has 0 saturated carbocycles. The first-order valence-corrected chi connectivity index (χ1v) is 12.3. The first-order valence-electron chi connectivity index (χ1n) is 10.6. The molecule has 0 aliphatic carbocycles. The van der Waals surface area contributed by atoms with Crippen LogP contribution in [0.2, 0.25) is 0 Å². The van der Waals surface area contributed by atoms with Crippen LogP contribution in [0.25, 0.3) is 11.0 Å². The number of fused-ring (bicyclic) bond motifs is 1. The summed E-state index contributed by atoms with van der Waals surface area (Å²) >= 11 is 0. The van der Waals surface area contributed by atoms with Gasteiger partial charge < -0.3 is 19.5 Å². The number of rotatable bonds is 9. The number of anilines is 1. The lowest BCUT2D eigenvalue weighted by molar-refractivity contribution is 0.102. The second-order valence-corrected chi connectivity index (χ2v) is 9.86. The molecule has 0 bridgehead atoms. The van der Waals surface area contributed by atoms with Crippen molar-refractivity contribution in [3.05, 3.63) is 40.3 Å². The third-order valence-electron chi connectivity index (χ3n) is 5.65. The number of hydrogen-bond acceptors (Lipinski definition) is 7. The molecule has 0 saturated heterocycles. The van der Waals surface area contributed by atoms with Gasteiger partial charge in [0.25, 0.3) is 5.91 Å². The van der Waals surface area contributed by atoms with Crippen molar-refractivity contribution in [2.45, 2.75) is 24.7 Å². The summed E-state index contributed by atoms with van der Waals surface area (Å²) in [4.78, 5) is 25.6. The lowest BCUT2D eigenvalue weighted by Crippen LogP contribution is -2.19. The van der Waals surface area contributed by atoms with Gasteiger partial charge in [-0.3, -0.25) is 13.9 Å². The maximum atomic E-state index is 13.2. The number of unbranched alkanes of at least 4 members (excludes halogenated alkanes) is 1. The van der Waals surface area contributed by atoms with Crippen LogP contribution >= 0.6 is 0 Å². The number of ether oxygens (including phenoxy) is 3. The summed E-state index contributed by atoms with van der Waals surface area (Å²) in [6.07, 6.45) is 1.16. The van der Waals surface area contributed by atoms with Crippen molar-refractivity contribution in [2.24, 2.45) is 14.1 Å². The Kier molecular flexibility index (Phi) is 7.25. The van der Waals surface area contributed by atoms with E-state index in [0.29, 0.717) is 29.6 Å². The highest BCUT2D eigenvalue weighted by Gasteiger charge is 2.24. The number of hydrogen-bond donors (Lipinski definition) is 1. The minimum atomic E-state index is -3.74. The van der Waals surface area contributed by atoms with Crippen LogP contribution < -0.4 is 25.2 Å². The van der Waals surface area contributed by atoms with Gasteiger partial charge in [0.05, 0.1) is 48.7 Å². The molecule has 0 radical (unpaired) electrons. The Balaban J connectivity index is 2.17. The van der Waals surface area contributed by atoms with Gasteiger partial charge in [0.15, 0.2) is 21.3 Å². The Labute approximate surface area is 198 Å². The van der Waals surface area contributed by atoms with Crippen LogP contribution in [-0.4, -0.2) is 50.5 Å². The molecular weight excluding hydrogens is 462 g/mol. The number of methoxy groups -OCH3 is 3. The van der Waals surface area contributed by atoms with Crippen LogP contribution in [0, 0.1) is 0 Å². The molecule has 184 valence electrons. The fourth-order valence-corrected chi connectivity index (χ4v) is 5.36. The molecule has 34 heavy (non-hydrogen) atoms. The van der Waals surface area contributed by atoms with Crippen molar-refractivity contribution in [3.63, 3.8) is 0 Å². The van der Waals surface area contributed by atoms with Crippen LogP contribution in [0.15, 0.2) is 34.0 Å².